The predicted octanol–water partition coefficient (Wildman–Crippen LogP) is -0.359. The van der Waals surface area contributed by atoms with Gasteiger partial charge < -0.3 is 39.7 Å². The molecule has 4 fully saturated rings. The Morgan fingerprint density at radius 1 is 1.29 bits per heavy atom. The molecule has 5 rings (SSSR count). The highest BCUT2D eigenvalue weighted by Crippen LogP contribution is 2.74. The lowest BCUT2D eigenvalue weighted by atomic mass is 9.38. The van der Waals surface area contributed by atoms with E-state index in [1.807, 2.05) is 6.92 Å². The first kappa shape index (κ1) is 25.1. The first-order valence-corrected chi connectivity index (χ1v) is 12.4. The third kappa shape index (κ3) is 2.86. The Labute approximate surface area is 203 Å². The maximum absolute atomic E-state index is 13.3. The zero-order chi connectivity index (χ0) is 25.9. The van der Waals surface area contributed by atoms with Crippen LogP contribution in [0.3, 0.4) is 0 Å². The molecule has 3 aliphatic carbocycles. The highest BCUT2D eigenvalue weighted by molar-refractivity contribution is 5.84. The van der Waals surface area contributed by atoms with E-state index in [1.54, 1.807) is 26.8 Å². The lowest BCUT2D eigenvalue weighted by molar-refractivity contribution is -0.345. The average molecular weight is 497 g/mol. The zero-order valence-corrected chi connectivity index (χ0v) is 20.7. The van der Waals surface area contributed by atoms with Crippen molar-refractivity contribution in [2.24, 2.45) is 34.5 Å². The fourth-order valence-corrected chi connectivity index (χ4v) is 8.28. The molecule has 2 aliphatic heterocycles. The van der Waals surface area contributed by atoms with E-state index in [4.69, 9.17) is 14.2 Å². The van der Waals surface area contributed by atoms with E-state index in [-0.39, 0.29) is 18.9 Å². The van der Waals surface area contributed by atoms with Gasteiger partial charge in [-0.2, -0.15) is 0 Å². The third-order valence-corrected chi connectivity index (χ3v) is 10.2. The summed E-state index contributed by atoms with van der Waals surface area (Å²) in [6, 6.07) is 0. The molecule has 10 nitrogen and oxygen atoms in total. The Morgan fingerprint density at radius 2 is 1.94 bits per heavy atom. The number of aliphatic hydroxyl groups excluding tert-OH is 3. The van der Waals surface area contributed by atoms with Crippen LogP contribution >= 0.6 is 0 Å². The molecule has 0 amide bonds. The number of fused-ring (bicyclic) bond motifs is 1. The maximum atomic E-state index is 13.3. The molecule has 0 aromatic carbocycles. The lowest BCUT2D eigenvalue weighted by Crippen LogP contribution is -2.78. The summed E-state index contributed by atoms with van der Waals surface area (Å²) in [6.45, 7) is 8.06. The van der Waals surface area contributed by atoms with Gasteiger partial charge in [-0.1, -0.05) is 32.4 Å². The van der Waals surface area contributed by atoms with Crippen LogP contribution in [0.25, 0.3) is 0 Å². The number of rotatable bonds is 3. The summed E-state index contributed by atoms with van der Waals surface area (Å²) in [4.78, 5) is 26.1. The van der Waals surface area contributed by atoms with Gasteiger partial charge in [0.25, 0.3) is 0 Å². The SMILES string of the molecule is CC[C@](C)(O)C(=O)O[C@H]1C(=O)O[C@@H]2C[C@H]3C(C)=C[C@H](O)[C@@H](O)[C@]3(C)[C@H]3C4(O)OC[C@]32[C@@H]1[C@@H](C)[C@H]4O. The Kier molecular flexibility index (Phi) is 5.37. The highest BCUT2D eigenvalue weighted by atomic mass is 16.7. The van der Waals surface area contributed by atoms with Gasteiger partial charge in [0.2, 0.25) is 6.10 Å². The summed E-state index contributed by atoms with van der Waals surface area (Å²) >= 11 is 0. The topological polar surface area (TPSA) is 163 Å². The molecule has 0 radical (unpaired) electrons. The number of aliphatic hydroxyl groups is 5. The van der Waals surface area contributed by atoms with Gasteiger partial charge in [-0.3, -0.25) is 0 Å². The number of esters is 2. The van der Waals surface area contributed by atoms with E-state index in [9.17, 15) is 35.1 Å². The second-order valence-corrected chi connectivity index (χ2v) is 11.8. The van der Waals surface area contributed by atoms with Gasteiger partial charge in [0.05, 0.1) is 18.8 Å². The molecule has 13 atom stereocenters. The van der Waals surface area contributed by atoms with Crippen LogP contribution in [0.4, 0.5) is 0 Å². The lowest BCUT2D eigenvalue weighted by Gasteiger charge is -2.68. The van der Waals surface area contributed by atoms with Gasteiger partial charge >= 0.3 is 11.9 Å². The van der Waals surface area contributed by atoms with Crippen molar-refractivity contribution in [3.05, 3.63) is 11.6 Å². The van der Waals surface area contributed by atoms with Crippen LogP contribution in [-0.2, 0) is 23.8 Å². The molecule has 0 aromatic rings. The minimum absolute atomic E-state index is 0.0607. The number of hydrogen-bond acceptors (Lipinski definition) is 10. The minimum Gasteiger partial charge on any atom is -0.459 e. The van der Waals surface area contributed by atoms with Crippen molar-refractivity contribution in [1.82, 2.24) is 0 Å². The molecule has 1 spiro atoms. The molecule has 5 N–H and O–H groups in total. The van der Waals surface area contributed by atoms with Gasteiger partial charge in [0, 0.05) is 22.7 Å². The van der Waals surface area contributed by atoms with Crippen LogP contribution in [0, 0.1) is 34.5 Å². The summed E-state index contributed by atoms with van der Waals surface area (Å²) in [5, 5.41) is 55.6. The number of hydrogen-bond donors (Lipinski definition) is 5. The molecular weight excluding hydrogens is 460 g/mol. The molecule has 5 aliphatic rings. The molecular formula is C25H36O10. The van der Waals surface area contributed by atoms with Crippen molar-refractivity contribution in [1.29, 1.82) is 0 Å². The van der Waals surface area contributed by atoms with Crippen LogP contribution in [0.1, 0.15) is 47.5 Å². The molecule has 35 heavy (non-hydrogen) atoms. The van der Waals surface area contributed by atoms with E-state index >= 15 is 0 Å². The normalized spacial score (nSPS) is 54.1. The fraction of sp³-hybridized carbons (Fsp3) is 0.840. The smallest absolute Gasteiger partial charge is 0.348 e. The summed E-state index contributed by atoms with van der Waals surface area (Å²) in [5.41, 5.74) is -3.29. The van der Waals surface area contributed by atoms with E-state index < -0.39 is 82.4 Å². The van der Waals surface area contributed by atoms with Crippen LogP contribution in [0.5, 0.6) is 0 Å². The third-order valence-electron chi connectivity index (χ3n) is 10.2. The zero-order valence-electron chi connectivity index (χ0n) is 20.7. The number of carbonyl (C=O) groups is 2. The summed E-state index contributed by atoms with van der Waals surface area (Å²) < 4.78 is 17.4. The maximum Gasteiger partial charge on any atom is 0.348 e. The summed E-state index contributed by atoms with van der Waals surface area (Å²) in [6.07, 6.45) is -4.18. The van der Waals surface area contributed by atoms with E-state index in [0.717, 1.165) is 5.57 Å². The van der Waals surface area contributed by atoms with Crippen molar-refractivity contribution in [2.45, 2.75) is 89.4 Å². The van der Waals surface area contributed by atoms with Crippen molar-refractivity contribution >= 4 is 11.9 Å². The van der Waals surface area contributed by atoms with Crippen LogP contribution in [-0.4, -0.2) is 86.0 Å². The quantitative estimate of drug-likeness (QED) is 0.258. The minimum atomic E-state index is -2.08. The van der Waals surface area contributed by atoms with Gasteiger partial charge in [-0.05, 0) is 38.5 Å². The van der Waals surface area contributed by atoms with Crippen LogP contribution in [0.2, 0.25) is 0 Å². The molecule has 2 saturated carbocycles. The Morgan fingerprint density at radius 3 is 2.57 bits per heavy atom. The van der Waals surface area contributed by atoms with E-state index in [0.29, 0.717) is 6.42 Å². The predicted molar refractivity (Wildman–Crippen MR) is 118 cm³/mol. The molecule has 2 heterocycles. The van der Waals surface area contributed by atoms with Crippen LogP contribution in [0.15, 0.2) is 11.6 Å². The highest BCUT2D eigenvalue weighted by Gasteiger charge is 2.83. The van der Waals surface area contributed by atoms with Gasteiger partial charge in [-0.15, -0.1) is 0 Å². The number of allylic oxidation sites excluding steroid dienone is 1. The van der Waals surface area contributed by atoms with Crippen molar-refractivity contribution < 1.29 is 49.3 Å². The fourth-order valence-electron chi connectivity index (χ4n) is 8.28. The molecule has 0 aromatic heterocycles. The molecule has 1 unspecified atom stereocenters. The first-order valence-electron chi connectivity index (χ1n) is 12.4. The largest absolute Gasteiger partial charge is 0.459 e. The van der Waals surface area contributed by atoms with Crippen molar-refractivity contribution in [3.63, 3.8) is 0 Å². The average Bonchev–Trinajstić information content (AvgIpc) is 3.08. The molecule has 10 heteroatoms. The Hall–Kier alpha value is -1.56. The van der Waals surface area contributed by atoms with Crippen molar-refractivity contribution in [2.75, 3.05) is 6.61 Å². The summed E-state index contributed by atoms with van der Waals surface area (Å²) in [7, 11) is 0. The second-order valence-electron chi connectivity index (χ2n) is 11.8. The van der Waals surface area contributed by atoms with Gasteiger partial charge in [0.1, 0.15) is 12.2 Å². The second kappa shape index (κ2) is 7.49. The van der Waals surface area contributed by atoms with Gasteiger partial charge in [0.15, 0.2) is 11.4 Å². The summed E-state index contributed by atoms with van der Waals surface area (Å²) in [5.74, 6) is -6.72. The number of carbonyl (C=O) groups excluding carboxylic acids is 2. The molecule has 2 saturated heterocycles. The van der Waals surface area contributed by atoms with Gasteiger partial charge in [-0.25, -0.2) is 9.59 Å². The molecule has 196 valence electrons. The first-order chi connectivity index (χ1) is 16.2. The standard InChI is InChI=1S/C25H36O10/c1-6-22(4,31)21(30)35-16-15-11(3)17(27)25(32)20-23(5)12(10(2)7-13(26)18(23)28)8-14(34-19(16)29)24(15,20)9-33-25/h7,11-18,20,26-28,31-32H,6,8-9H2,1-5H3/t11-,12+,13+,14-,15-,16-,17-,18-,20-,22+,23-,24+,25?/m1/s1. The Balaban J connectivity index is 1.68. The van der Waals surface area contributed by atoms with E-state index in [1.165, 1.54) is 6.92 Å². The van der Waals surface area contributed by atoms with Crippen LogP contribution < -0.4 is 0 Å². The Bertz CT molecular complexity index is 977. The van der Waals surface area contributed by atoms with Crippen molar-refractivity contribution in [3.8, 4) is 0 Å². The van der Waals surface area contributed by atoms with E-state index in [2.05, 4.69) is 0 Å². The number of ether oxygens (including phenoxy) is 3. The monoisotopic (exact) mass is 496 g/mol. The molecule has 2 bridgehead atoms.